The van der Waals surface area contributed by atoms with E-state index in [2.05, 4.69) is 0 Å². The molecule has 194 valence electrons. The van der Waals surface area contributed by atoms with Crippen LogP contribution in [0.3, 0.4) is 0 Å². The van der Waals surface area contributed by atoms with Crippen molar-refractivity contribution in [2.24, 2.45) is 0 Å². The molecule has 0 saturated carbocycles. The number of hydrogen-bond donors (Lipinski definition) is 6. The van der Waals surface area contributed by atoms with Crippen molar-refractivity contribution in [2.75, 3.05) is 0 Å². The van der Waals surface area contributed by atoms with E-state index in [0.717, 1.165) is 11.1 Å². The standard InChI is InChI=1S/C30H28N2O6/c1-9(2)15-13-7-11(5)17(27-19(13)21(29(31)37-27)25(35)23(15)33)18-12(6)8-14-16(10(3)4)24(34)26(36)22-20(14)28(18)38-30(22)32/h7-10,31-36H,1-6H3. The Hall–Kier alpha value is -4.46. The minimum Gasteiger partial charge on any atom is -0.504 e. The molecule has 2 aliphatic rings. The highest BCUT2D eigenvalue weighted by atomic mass is 16.5. The van der Waals surface area contributed by atoms with Gasteiger partial charge in [0.05, 0.1) is 11.1 Å². The Bertz CT molecular complexity index is 1680. The first-order chi connectivity index (χ1) is 17.9. The fourth-order valence-corrected chi connectivity index (χ4v) is 6.22. The largest absolute Gasteiger partial charge is 0.504 e. The van der Waals surface area contributed by atoms with Gasteiger partial charge in [0.15, 0.2) is 23.0 Å². The minimum atomic E-state index is -0.387. The van der Waals surface area contributed by atoms with E-state index in [1.807, 2.05) is 53.7 Å². The first-order valence-corrected chi connectivity index (χ1v) is 12.5. The topological polar surface area (TPSA) is 147 Å². The van der Waals surface area contributed by atoms with Gasteiger partial charge in [-0.3, -0.25) is 10.8 Å². The first kappa shape index (κ1) is 23.9. The van der Waals surface area contributed by atoms with Crippen LogP contribution < -0.4 is 9.47 Å². The SMILES string of the molecule is Cc1cc2c(C(C)C)c(O)c(O)c3c2c(c1-c1c(C)cc2c(C(C)C)c(O)c(O)c4c2c1OC4=N)OC3=N. The number of phenols is 4. The molecule has 0 atom stereocenters. The molecule has 6 N–H and O–H groups in total. The highest BCUT2D eigenvalue weighted by molar-refractivity contribution is 6.23. The molecular weight excluding hydrogens is 484 g/mol. The molecular formula is C30H28N2O6. The van der Waals surface area contributed by atoms with Crippen LogP contribution in [0, 0.1) is 24.7 Å². The highest BCUT2D eigenvalue weighted by Gasteiger charge is 2.38. The average Bonchev–Trinajstić information content (AvgIpc) is 3.34. The minimum absolute atomic E-state index is 0.112. The summed E-state index contributed by atoms with van der Waals surface area (Å²) in [4.78, 5) is 0. The Morgan fingerprint density at radius 3 is 1.24 bits per heavy atom. The summed E-state index contributed by atoms with van der Waals surface area (Å²) in [5.41, 5.74) is 4.24. The zero-order chi connectivity index (χ0) is 27.5. The number of phenolic OH excluding ortho intramolecular Hbond substituents is 4. The zero-order valence-electron chi connectivity index (χ0n) is 21.9. The number of ether oxygens (including phenoxy) is 2. The van der Waals surface area contributed by atoms with Gasteiger partial charge >= 0.3 is 0 Å². The van der Waals surface area contributed by atoms with Crippen LogP contribution in [0.4, 0.5) is 0 Å². The molecule has 0 aromatic heterocycles. The normalized spacial score (nSPS) is 13.9. The van der Waals surface area contributed by atoms with Gasteiger partial charge in [0.1, 0.15) is 11.5 Å². The van der Waals surface area contributed by atoms with Crippen molar-refractivity contribution in [1.82, 2.24) is 0 Å². The van der Waals surface area contributed by atoms with Crippen LogP contribution in [-0.4, -0.2) is 32.2 Å². The van der Waals surface area contributed by atoms with Crippen molar-refractivity contribution >= 4 is 33.3 Å². The quantitative estimate of drug-likeness (QED) is 0.167. The Balaban J connectivity index is 1.80. The maximum Gasteiger partial charge on any atom is 0.223 e. The van der Waals surface area contributed by atoms with Gasteiger partial charge in [-0.05, 0) is 47.6 Å². The van der Waals surface area contributed by atoms with Gasteiger partial charge in [-0.2, -0.15) is 0 Å². The number of hydrogen-bond acceptors (Lipinski definition) is 8. The summed E-state index contributed by atoms with van der Waals surface area (Å²) in [6.45, 7) is 11.5. The second-order valence-corrected chi connectivity index (χ2v) is 10.8. The summed E-state index contributed by atoms with van der Waals surface area (Å²) in [6, 6.07) is 3.83. The van der Waals surface area contributed by atoms with E-state index in [9.17, 15) is 20.4 Å². The monoisotopic (exact) mass is 512 g/mol. The Kier molecular flexibility index (Phi) is 4.74. The molecule has 4 aromatic carbocycles. The zero-order valence-corrected chi connectivity index (χ0v) is 21.9. The van der Waals surface area contributed by atoms with Crippen LogP contribution in [0.25, 0.3) is 32.7 Å². The maximum absolute atomic E-state index is 10.9. The summed E-state index contributed by atoms with van der Waals surface area (Å²) >= 11 is 0. The summed E-state index contributed by atoms with van der Waals surface area (Å²) in [5, 5.41) is 62.8. The lowest BCUT2D eigenvalue weighted by Crippen LogP contribution is -2.04. The van der Waals surface area contributed by atoms with Crippen LogP contribution in [0.1, 0.15) is 72.9 Å². The van der Waals surface area contributed by atoms with E-state index in [1.54, 1.807) is 0 Å². The molecule has 0 aliphatic carbocycles. The molecule has 2 aliphatic heterocycles. The smallest absolute Gasteiger partial charge is 0.223 e. The molecule has 8 nitrogen and oxygen atoms in total. The molecule has 0 unspecified atom stereocenters. The Labute approximate surface area is 218 Å². The first-order valence-electron chi connectivity index (χ1n) is 12.5. The molecule has 0 bridgehead atoms. The Morgan fingerprint density at radius 1 is 0.579 bits per heavy atom. The van der Waals surface area contributed by atoms with Gasteiger partial charge in [-0.15, -0.1) is 0 Å². The number of benzene rings is 4. The summed E-state index contributed by atoms with van der Waals surface area (Å²) in [5.74, 6) is -1.31. The van der Waals surface area contributed by atoms with Gasteiger partial charge in [-0.1, -0.05) is 39.8 Å². The van der Waals surface area contributed by atoms with Crippen molar-refractivity contribution in [1.29, 1.82) is 10.8 Å². The van der Waals surface area contributed by atoms with Crippen molar-refractivity contribution < 1.29 is 29.9 Å². The van der Waals surface area contributed by atoms with Gasteiger partial charge in [0, 0.05) is 33.0 Å². The summed E-state index contributed by atoms with van der Waals surface area (Å²) in [6.07, 6.45) is 0. The molecule has 2 heterocycles. The molecule has 6 rings (SSSR count). The third-order valence-corrected chi connectivity index (χ3v) is 7.74. The van der Waals surface area contributed by atoms with Crippen LogP contribution in [0.2, 0.25) is 0 Å². The molecule has 4 aromatic rings. The third kappa shape index (κ3) is 2.74. The van der Waals surface area contributed by atoms with E-state index in [4.69, 9.17) is 20.3 Å². The van der Waals surface area contributed by atoms with Crippen molar-refractivity contribution in [3.05, 3.63) is 45.5 Å². The fourth-order valence-electron chi connectivity index (χ4n) is 6.22. The van der Waals surface area contributed by atoms with Gasteiger partial charge in [0.2, 0.25) is 11.8 Å². The van der Waals surface area contributed by atoms with Crippen LogP contribution in [0.15, 0.2) is 12.1 Å². The summed E-state index contributed by atoms with van der Waals surface area (Å²) < 4.78 is 12.0. The molecule has 0 spiro atoms. The van der Waals surface area contributed by atoms with Gasteiger partial charge in [0.25, 0.3) is 0 Å². The van der Waals surface area contributed by atoms with Crippen LogP contribution in [0.5, 0.6) is 34.5 Å². The summed E-state index contributed by atoms with van der Waals surface area (Å²) in [7, 11) is 0. The molecule has 0 amide bonds. The van der Waals surface area contributed by atoms with Crippen molar-refractivity contribution in [3.63, 3.8) is 0 Å². The highest BCUT2D eigenvalue weighted by Crippen LogP contribution is 2.58. The lowest BCUT2D eigenvalue weighted by molar-refractivity contribution is 0.398. The van der Waals surface area contributed by atoms with E-state index in [1.165, 1.54) is 0 Å². The van der Waals surface area contributed by atoms with E-state index in [-0.39, 0.29) is 57.8 Å². The van der Waals surface area contributed by atoms with Crippen LogP contribution >= 0.6 is 0 Å². The predicted octanol–water partition coefficient (Wildman–Crippen LogP) is 6.78. The lowest BCUT2D eigenvalue weighted by Gasteiger charge is -2.21. The lowest BCUT2D eigenvalue weighted by atomic mass is 9.84. The molecule has 0 saturated heterocycles. The second kappa shape index (κ2) is 7.54. The van der Waals surface area contributed by atoms with E-state index < -0.39 is 0 Å². The number of rotatable bonds is 3. The molecule has 0 radical (unpaired) electrons. The van der Waals surface area contributed by atoms with Crippen LogP contribution in [-0.2, 0) is 0 Å². The average molecular weight is 513 g/mol. The van der Waals surface area contributed by atoms with E-state index in [0.29, 0.717) is 55.3 Å². The van der Waals surface area contributed by atoms with E-state index >= 15 is 0 Å². The number of aromatic hydroxyl groups is 4. The predicted molar refractivity (Wildman–Crippen MR) is 146 cm³/mol. The molecule has 38 heavy (non-hydrogen) atoms. The second-order valence-electron chi connectivity index (χ2n) is 10.8. The number of aryl methyl sites for hydroxylation is 2. The molecule has 0 fully saturated rings. The van der Waals surface area contributed by atoms with Gasteiger partial charge in [-0.25, -0.2) is 0 Å². The van der Waals surface area contributed by atoms with Crippen molar-refractivity contribution in [3.8, 4) is 45.6 Å². The number of nitrogens with one attached hydrogen (secondary N) is 2. The third-order valence-electron chi connectivity index (χ3n) is 7.74. The maximum atomic E-state index is 10.9. The van der Waals surface area contributed by atoms with Gasteiger partial charge < -0.3 is 29.9 Å². The Morgan fingerprint density at radius 2 is 0.921 bits per heavy atom. The van der Waals surface area contributed by atoms with Crippen molar-refractivity contribution in [2.45, 2.75) is 53.4 Å². The fraction of sp³-hybridized carbons (Fsp3) is 0.267. The molecule has 8 heteroatoms.